The van der Waals surface area contributed by atoms with E-state index in [9.17, 15) is 8.78 Å². The zero-order valence-electron chi connectivity index (χ0n) is 6.81. The summed E-state index contributed by atoms with van der Waals surface area (Å²) in [6.07, 6.45) is 0.661. The van der Waals surface area contributed by atoms with Crippen LogP contribution in [0, 0.1) is 11.6 Å². The second-order valence-electron chi connectivity index (χ2n) is 2.13. The van der Waals surface area contributed by atoms with Gasteiger partial charge in [0, 0.05) is 6.07 Å². The third kappa shape index (κ3) is 3.23. The van der Waals surface area contributed by atoms with Gasteiger partial charge in [0.2, 0.25) is 0 Å². The van der Waals surface area contributed by atoms with E-state index in [0.717, 1.165) is 6.07 Å². The number of hydrogen-bond donors (Lipinski definition) is 0. The van der Waals surface area contributed by atoms with E-state index in [1.807, 2.05) is 13.7 Å². The van der Waals surface area contributed by atoms with Crippen LogP contribution < -0.4 is 0 Å². The molecule has 1 nitrogen and oxygen atoms in total. The molecule has 0 aliphatic heterocycles. The first kappa shape index (κ1) is 10.8. The van der Waals surface area contributed by atoms with Gasteiger partial charge in [-0.3, -0.25) is 0 Å². The van der Waals surface area contributed by atoms with Crippen LogP contribution in [0.3, 0.4) is 0 Å². The lowest BCUT2D eigenvalue weighted by Crippen LogP contribution is -1.84. The highest BCUT2D eigenvalue weighted by Gasteiger charge is 1.96. The molecule has 0 radical (unpaired) electrons. The molecule has 0 saturated heterocycles. The monoisotopic (exact) mass is 172 g/mol. The predicted molar refractivity (Wildman–Crippen MR) is 42.9 cm³/mol. The Bertz CT molecular complexity index is 228. The lowest BCUT2D eigenvalue weighted by molar-refractivity contribution is -0.0979. The van der Waals surface area contributed by atoms with Gasteiger partial charge in [-0.05, 0) is 24.1 Å². The van der Waals surface area contributed by atoms with Crippen molar-refractivity contribution in [3.63, 3.8) is 0 Å². The van der Waals surface area contributed by atoms with E-state index < -0.39 is 11.6 Å². The maximum absolute atomic E-state index is 12.4. The van der Waals surface area contributed by atoms with Crippen LogP contribution in [0.15, 0.2) is 18.2 Å². The van der Waals surface area contributed by atoms with Gasteiger partial charge >= 0.3 is 0 Å². The largest absolute Gasteiger partial charge is 0.307 e. The van der Waals surface area contributed by atoms with Gasteiger partial charge in [0.15, 0.2) is 0 Å². The standard InChI is InChI=1S/C8H8F2.CH2O/c1-2-6-3-7(9)5-8(10)4-6;1-2/h3-5H,2H2,1H3;1H2. The van der Waals surface area contributed by atoms with Crippen LogP contribution in [-0.4, -0.2) is 6.79 Å². The highest BCUT2D eigenvalue weighted by molar-refractivity contribution is 5.17. The summed E-state index contributed by atoms with van der Waals surface area (Å²) in [7, 11) is 0. The predicted octanol–water partition coefficient (Wildman–Crippen LogP) is 2.34. The normalized spacial score (nSPS) is 8.58. The molecule has 1 aromatic carbocycles. The first-order valence-corrected chi connectivity index (χ1v) is 3.46. The Labute approximate surface area is 70.0 Å². The number of rotatable bonds is 1. The van der Waals surface area contributed by atoms with Gasteiger partial charge in [0.25, 0.3) is 0 Å². The summed E-state index contributed by atoms with van der Waals surface area (Å²) in [5.41, 5.74) is 0.692. The molecule has 1 rings (SSSR count). The first-order valence-electron chi connectivity index (χ1n) is 3.46. The topological polar surface area (TPSA) is 17.1 Å². The smallest absolute Gasteiger partial charge is 0.126 e. The highest BCUT2D eigenvalue weighted by Crippen LogP contribution is 2.07. The van der Waals surface area contributed by atoms with Gasteiger partial charge in [0.1, 0.15) is 18.4 Å². The summed E-state index contributed by atoms with van der Waals surface area (Å²) in [6.45, 7) is 3.86. The van der Waals surface area contributed by atoms with Gasteiger partial charge in [-0.15, -0.1) is 0 Å². The summed E-state index contributed by atoms with van der Waals surface area (Å²) in [5.74, 6) is -1.01. The van der Waals surface area contributed by atoms with Gasteiger partial charge in [-0.25, -0.2) is 8.78 Å². The van der Waals surface area contributed by atoms with E-state index in [0.29, 0.717) is 12.0 Å². The Kier molecular flexibility index (Phi) is 4.84. The maximum Gasteiger partial charge on any atom is 0.126 e. The minimum Gasteiger partial charge on any atom is -0.307 e. The lowest BCUT2D eigenvalue weighted by Gasteiger charge is -1.95. The second-order valence-corrected chi connectivity index (χ2v) is 2.13. The van der Waals surface area contributed by atoms with Gasteiger partial charge in [-0.1, -0.05) is 6.92 Å². The average Bonchev–Trinajstić information content (AvgIpc) is 2.06. The number of halogens is 2. The Hall–Kier alpha value is -1.25. The van der Waals surface area contributed by atoms with Crippen molar-refractivity contribution in [2.75, 3.05) is 0 Å². The number of benzene rings is 1. The summed E-state index contributed by atoms with van der Waals surface area (Å²) in [6, 6.07) is 3.55. The van der Waals surface area contributed by atoms with E-state index in [1.54, 1.807) is 0 Å². The van der Waals surface area contributed by atoms with Crippen LogP contribution >= 0.6 is 0 Å². The Morgan fingerprint density at radius 1 is 1.17 bits per heavy atom. The van der Waals surface area contributed by atoms with Crippen molar-refractivity contribution in [3.8, 4) is 0 Å². The zero-order chi connectivity index (χ0) is 9.56. The third-order valence-corrected chi connectivity index (χ3v) is 1.33. The van der Waals surface area contributed by atoms with E-state index in [2.05, 4.69) is 0 Å². The Balaban J connectivity index is 0.000000561. The molecular formula is C9H10F2O. The van der Waals surface area contributed by atoms with Crippen molar-refractivity contribution in [3.05, 3.63) is 35.4 Å². The fourth-order valence-corrected chi connectivity index (χ4v) is 0.815. The molecular weight excluding hydrogens is 162 g/mol. The molecule has 0 aliphatic rings. The van der Waals surface area contributed by atoms with Crippen molar-refractivity contribution in [2.24, 2.45) is 0 Å². The number of aryl methyl sites for hydroxylation is 1. The quantitative estimate of drug-likeness (QED) is 0.635. The van der Waals surface area contributed by atoms with Crippen LogP contribution in [0.4, 0.5) is 8.78 Å². The van der Waals surface area contributed by atoms with Gasteiger partial charge < -0.3 is 4.79 Å². The number of carbonyl (C=O) groups is 1. The SMILES string of the molecule is C=O.CCc1cc(F)cc(F)c1. The molecule has 0 spiro atoms. The number of carbonyl (C=O) groups excluding carboxylic acids is 1. The molecule has 3 heteroatoms. The van der Waals surface area contributed by atoms with Crippen molar-refractivity contribution in [1.29, 1.82) is 0 Å². The van der Waals surface area contributed by atoms with E-state index in [4.69, 9.17) is 4.79 Å². The minimum absolute atomic E-state index is 0.503. The summed E-state index contributed by atoms with van der Waals surface area (Å²) < 4.78 is 24.8. The maximum atomic E-state index is 12.4. The summed E-state index contributed by atoms with van der Waals surface area (Å²) in [5, 5.41) is 0. The van der Waals surface area contributed by atoms with Gasteiger partial charge in [0.05, 0.1) is 0 Å². The Morgan fingerprint density at radius 2 is 1.58 bits per heavy atom. The van der Waals surface area contributed by atoms with Crippen molar-refractivity contribution < 1.29 is 13.6 Å². The average molecular weight is 172 g/mol. The van der Waals surface area contributed by atoms with Crippen molar-refractivity contribution in [2.45, 2.75) is 13.3 Å². The van der Waals surface area contributed by atoms with E-state index in [1.165, 1.54) is 12.1 Å². The van der Waals surface area contributed by atoms with E-state index >= 15 is 0 Å². The summed E-state index contributed by atoms with van der Waals surface area (Å²) in [4.78, 5) is 8.00. The first-order chi connectivity index (χ1) is 5.72. The van der Waals surface area contributed by atoms with E-state index in [-0.39, 0.29) is 0 Å². The molecule has 1 aromatic rings. The molecule has 0 fully saturated rings. The van der Waals surface area contributed by atoms with Crippen LogP contribution in [0.5, 0.6) is 0 Å². The fourth-order valence-electron chi connectivity index (χ4n) is 0.815. The molecule has 0 bridgehead atoms. The lowest BCUT2D eigenvalue weighted by atomic mass is 10.2. The van der Waals surface area contributed by atoms with Crippen molar-refractivity contribution in [1.82, 2.24) is 0 Å². The molecule has 0 atom stereocenters. The molecule has 0 aliphatic carbocycles. The fraction of sp³-hybridized carbons (Fsp3) is 0.222. The zero-order valence-corrected chi connectivity index (χ0v) is 6.81. The number of hydrogen-bond acceptors (Lipinski definition) is 1. The third-order valence-electron chi connectivity index (χ3n) is 1.33. The molecule has 0 N–H and O–H groups in total. The molecule has 0 heterocycles. The van der Waals surface area contributed by atoms with Crippen LogP contribution in [0.2, 0.25) is 0 Å². The molecule has 0 amide bonds. The Morgan fingerprint density at radius 3 is 1.92 bits per heavy atom. The molecule has 0 aromatic heterocycles. The van der Waals surface area contributed by atoms with Crippen molar-refractivity contribution >= 4 is 6.79 Å². The van der Waals surface area contributed by atoms with Crippen LogP contribution in [-0.2, 0) is 11.2 Å². The molecule has 0 saturated carbocycles. The molecule has 0 unspecified atom stereocenters. The minimum atomic E-state index is -0.503. The molecule has 66 valence electrons. The van der Waals surface area contributed by atoms with Crippen LogP contribution in [0.25, 0.3) is 0 Å². The van der Waals surface area contributed by atoms with Crippen LogP contribution in [0.1, 0.15) is 12.5 Å². The van der Waals surface area contributed by atoms with Gasteiger partial charge in [-0.2, -0.15) is 0 Å². The second kappa shape index (κ2) is 5.41. The summed E-state index contributed by atoms with van der Waals surface area (Å²) >= 11 is 0. The highest BCUT2D eigenvalue weighted by atomic mass is 19.1. The molecule has 12 heavy (non-hydrogen) atoms.